The summed E-state index contributed by atoms with van der Waals surface area (Å²) < 4.78 is 3.63. The van der Waals surface area contributed by atoms with E-state index in [9.17, 15) is 0 Å². The van der Waals surface area contributed by atoms with Crippen molar-refractivity contribution in [1.82, 2.24) is 4.57 Å². The third kappa shape index (κ3) is 1.99. The number of benzene rings is 4. The van der Waals surface area contributed by atoms with E-state index in [1.165, 1.54) is 41.8 Å². The monoisotopic (exact) mass is 419 g/mol. The van der Waals surface area contributed by atoms with Gasteiger partial charge in [-0.1, -0.05) is 54.6 Å². The quantitative estimate of drug-likeness (QED) is 0.272. The minimum Gasteiger partial charge on any atom is -0.309 e. The van der Waals surface area contributed by atoms with Crippen molar-refractivity contribution in [2.45, 2.75) is 0 Å². The van der Waals surface area contributed by atoms with E-state index in [-0.39, 0.29) is 0 Å². The van der Waals surface area contributed by atoms with E-state index in [0.717, 1.165) is 0 Å². The minimum atomic E-state index is 1.20. The van der Waals surface area contributed by atoms with Crippen LogP contribution in [-0.2, 0) is 0 Å². The van der Waals surface area contributed by atoms with Gasteiger partial charge in [-0.15, -0.1) is 0 Å². The van der Waals surface area contributed by atoms with Crippen molar-refractivity contribution in [3.8, 4) is 5.69 Å². The van der Waals surface area contributed by atoms with Crippen LogP contribution in [0.1, 0.15) is 0 Å². The lowest BCUT2D eigenvalue weighted by atomic mass is 10.0. The Kier molecular flexibility index (Phi) is 3.13. The minimum absolute atomic E-state index is 1.20. The summed E-state index contributed by atoms with van der Waals surface area (Å²) in [6.07, 6.45) is 0. The molecule has 0 aliphatic rings. The average Bonchev–Trinajstić information content (AvgIpc) is 2.96. The van der Waals surface area contributed by atoms with E-state index in [4.69, 9.17) is 0 Å². The first-order valence-corrected chi connectivity index (χ1v) is 9.08. The molecule has 0 aliphatic heterocycles. The highest BCUT2D eigenvalue weighted by Gasteiger charge is 2.14. The lowest BCUT2D eigenvalue weighted by Crippen LogP contribution is -1.93. The van der Waals surface area contributed by atoms with Crippen LogP contribution >= 0.6 is 22.6 Å². The Morgan fingerprint density at radius 3 is 2.29 bits per heavy atom. The third-order valence-corrected chi connectivity index (χ3v) is 5.30. The van der Waals surface area contributed by atoms with Crippen LogP contribution in [0.25, 0.3) is 38.3 Å². The number of para-hydroxylation sites is 1. The molecule has 1 aromatic heterocycles. The molecule has 0 saturated heterocycles. The van der Waals surface area contributed by atoms with Gasteiger partial charge in [-0.3, -0.25) is 0 Å². The molecule has 5 rings (SSSR count). The largest absolute Gasteiger partial charge is 0.309 e. The second-order valence-electron chi connectivity index (χ2n) is 6.01. The fourth-order valence-corrected chi connectivity index (χ4v) is 4.09. The molecule has 0 N–H and O–H groups in total. The zero-order valence-electron chi connectivity index (χ0n) is 12.9. The predicted molar refractivity (Wildman–Crippen MR) is 111 cm³/mol. The van der Waals surface area contributed by atoms with Gasteiger partial charge in [0.1, 0.15) is 0 Å². The third-order valence-electron chi connectivity index (χ3n) is 4.63. The maximum atomic E-state index is 2.39. The fourth-order valence-electron chi connectivity index (χ4n) is 3.62. The molecule has 0 bridgehead atoms. The molecule has 0 saturated carbocycles. The van der Waals surface area contributed by atoms with Crippen molar-refractivity contribution in [1.29, 1.82) is 0 Å². The van der Waals surface area contributed by atoms with E-state index in [1.807, 2.05) is 0 Å². The molecule has 1 heterocycles. The van der Waals surface area contributed by atoms with Crippen LogP contribution in [0.3, 0.4) is 0 Å². The lowest BCUT2D eigenvalue weighted by Gasteiger charge is -2.08. The van der Waals surface area contributed by atoms with Gasteiger partial charge >= 0.3 is 0 Å². The Hall–Kier alpha value is -2.33. The van der Waals surface area contributed by atoms with Crippen molar-refractivity contribution in [3.05, 3.63) is 88.5 Å². The standard InChI is InChI=1S/C22H14IN/c23-16-11-12-19-21(14-16)24(17-7-2-1-3-8-17)20-13-10-15-6-4-5-9-18(15)22(19)20/h1-14H. The molecule has 0 fully saturated rings. The molecule has 0 spiro atoms. The van der Waals surface area contributed by atoms with Crippen LogP contribution in [0.15, 0.2) is 84.9 Å². The van der Waals surface area contributed by atoms with Gasteiger partial charge in [0.25, 0.3) is 0 Å². The molecule has 0 atom stereocenters. The number of aromatic nitrogens is 1. The Bertz CT molecular complexity index is 1200. The van der Waals surface area contributed by atoms with Gasteiger partial charge in [0, 0.05) is 20.0 Å². The van der Waals surface area contributed by atoms with Gasteiger partial charge in [-0.2, -0.15) is 0 Å². The molecule has 4 aromatic carbocycles. The summed E-state index contributed by atoms with van der Waals surface area (Å²) in [6, 6.07) is 30.5. The highest BCUT2D eigenvalue weighted by molar-refractivity contribution is 14.1. The second kappa shape index (κ2) is 5.35. The zero-order chi connectivity index (χ0) is 16.1. The molecule has 0 amide bonds. The van der Waals surface area contributed by atoms with Crippen LogP contribution in [0.5, 0.6) is 0 Å². The molecular formula is C22H14IN. The SMILES string of the molecule is Ic1ccc2c3c4ccccc4ccc3n(-c3ccccc3)c2c1. The molecule has 1 nitrogen and oxygen atoms in total. The number of hydrogen-bond donors (Lipinski definition) is 0. The molecule has 5 aromatic rings. The number of rotatable bonds is 1. The van der Waals surface area contributed by atoms with Crippen LogP contribution in [-0.4, -0.2) is 4.57 Å². The van der Waals surface area contributed by atoms with Crippen LogP contribution in [0, 0.1) is 3.57 Å². The lowest BCUT2D eigenvalue weighted by molar-refractivity contribution is 1.18. The second-order valence-corrected chi connectivity index (χ2v) is 7.26. The van der Waals surface area contributed by atoms with E-state index in [0.29, 0.717) is 0 Å². The fraction of sp³-hybridized carbons (Fsp3) is 0. The normalized spacial score (nSPS) is 11.5. The van der Waals surface area contributed by atoms with Crippen molar-refractivity contribution in [2.24, 2.45) is 0 Å². The molecule has 0 aliphatic carbocycles. The highest BCUT2D eigenvalue weighted by atomic mass is 127. The average molecular weight is 419 g/mol. The number of nitrogens with zero attached hydrogens (tertiary/aromatic N) is 1. The summed E-state index contributed by atoms with van der Waals surface area (Å²) in [6.45, 7) is 0. The topological polar surface area (TPSA) is 4.93 Å². The summed E-state index contributed by atoms with van der Waals surface area (Å²) >= 11 is 2.39. The smallest absolute Gasteiger partial charge is 0.0551 e. The molecule has 2 heteroatoms. The summed E-state index contributed by atoms with van der Waals surface area (Å²) in [4.78, 5) is 0. The molecule has 0 radical (unpaired) electrons. The summed E-state index contributed by atoms with van der Waals surface area (Å²) in [5, 5.41) is 5.25. The van der Waals surface area contributed by atoms with Crippen LogP contribution in [0.4, 0.5) is 0 Å². The predicted octanol–water partition coefficient (Wildman–Crippen LogP) is 6.54. The summed E-state index contributed by atoms with van der Waals surface area (Å²) in [7, 11) is 0. The van der Waals surface area contributed by atoms with E-state index in [1.54, 1.807) is 0 Å². The van der Waals surface area contributed by atoms with E-state index in [2.05, 4.69) is 112 Å². The Balaban J connectivity index is 2.07. The molecule has 114 valence electrons. The van der Waals surface area contributed by atoms with Crippen molar-refractivity contribution < 1.29 is 0 Å². The van der Waals surface area contributed by atoms with Crippen LogP contribution in [0.2, 0.25) is 0 Å². The van der Waals surface area contributed by atoms with Crippen LogP contribution < -0.4 is 0 Å². The van der Waals surface area contributed by atoms with Gasteiger partial charge < -0.3 is 4.57 Å². The Morgan fingerprint density at radius 2 is 1.42 bits per heavy atom. The summed E-state index contributed by atoms with van der Waals surface area (Å²) in [5.74, 6) is 0. The maximum absolute atomic E-state index is 2.39. The van der Waals surface area contributed by atoms with Gasteiger partial charge in [0.05, 0.1) is 11.0 Å². The van der Waals surface area contributed by atoms with Gasteiger partial charge in [-0.25, -0.2) is 0 Å². The zero-order valence-corrected chi connectivity index (χ0v) is 15.1. The maximum Gasteiger partial charge on any atom is 0.0551 e. The molecule has 24 heavy (non-hydrogen) atoms. The number of halogens is 1. The number of fused-ring (bicyclic) bond motifs is 5. The molecular weight excluding hydrogens is 405 g/mol. The molecule has 0 unspecified atom stereocenters. The van der Waals surface area contributed by atoms with E-state index >= 15 is 0 Å². The Morgan fingerprint density at radius 1 is 0.625 bits per heavy atom. The highest BCUT2D eigenvalue weighted by Crippen LogP contribution is 2.37. The van der Waals surface area contributed by atoms with E-state index < -0.39 is 0 Å². The van der Waals surface area contributed by atoms with Crippen molar-refractivity contribution in [2.75, 3.05) is 0 Å². The summed E-state index contributed by atoms with van der Waals surface area (Å²) in [5.41, 5.74) is 3.73. The first kappa shape index (κ1) is 14.1. The number of hydrogen-bond acceptors (Lipinski definition) is 0. The first-order valence-electron chi connectivity index (χ1n) is 8.00. The van der Waals surface area contributed by atoms with Crippen molar-refractivity contribution >= 4 is 55.2 Å². The van der Waals surface area contributed by atoms with Gasteiger partial charge in [0.2, 0.25) is 0 Å². The van der Waals surface area contributed by atoms with Gasteiger partial charge in [-0.05, 0) is 63.7 Å². The Labute approximate surface area is 153 Å². The van der Waals surface area contributed by atoms with Crippen molar-refractivity contribution in [3.63, 3.8) is 0 Å². The van der Waals surface area contributed by atoms with Gasteiger partial charge in [0.15, 0.2) is 0 Å². The first-order chi connectivity index (χ1) is 11.8.